The molecule has 16 heavy (non-hydrogen) atoms. The maximum absolute atomic E-state index is 3.54. The minimum Gasteiger partial charge on any atom is -0.317 e. The van der Waals surface area contributed by atoms with Crippen molar-refractivity contribution in [3.63, 3.8) is 0 Å². The van der Waals surface area contributed by atoms with Crippen molar-refractivity contribution in [2.24, 2.45) is 5.92 Å². The minimum absolute atomic E-state index is 1.02. The molecule has 0 bridgehead atoms. The molecule has 2 nitrogen and oxygen atoms in total. The predicted molar refractivity (Wildman–Crippen MR) is 71.8 cm³/mol. The second kappa shape index (κ2) is 10.1. The van der Waals surface area contributed by atoms with Crippen LogP contribution in [-0.4, -0.2) is 26.2 Å². The Morgan fingerprint density at radius 2 is 1.44 bits per heavy atom. The van der Waals surface area contributed by atoms with Crippen LogP contribution in [0.25, 0.3) is 0 Å². The summed E-state index contributed by atoms with van der Waals surface area (Å²) < 4.78 is 0. The van der Waals surface area contributed by atoms with Crippen LogP contribution in [0.3, 0.4) is 0 Å². The Labute approximate surface area is 102 Å². The fourth-order valence-corrected chi connectivity index (χ4v) is 1.93. The summed E-state index contributed by atoms with van der Waals surface area (Å²) in [5.41, 5.74) is 0. The Morgan fingerprint density at radius 1 is 0.812 bits per heavy atom. The average molecular weight is 226 g/mol. The third-order valence-corrected chi connectivity index (χ3v) is 3.29. The van der Waals surface area contributed by atoms with E-state index in [1.807, 2.05) is 0 Å². The van der Waals surface area contributed by atoms with Crippen LogP contribution in [0.2, 0.25) is 0 Å². The second-order valence-electron chi connectivity index (χ2n) is 5.17. The van der Waals surface area contributed by atoms with Crippen molar-refractivity contribution in [3.8, 4) is 0 Å². The number of nitrogens with one attached hydrogen (secondary N) is 2. The lowest BCUT2D eigenvalue weighted by Crippen LogP contribution is -2.21. The smallest absolute Gasteiger partial charge is 0.00205 e. The molecule has 2 heteroatoms. The molecule has 0 heterocycles. The first-order valence-corrected chi connectivity index (χ1v) is 7.35. The molecule has 0 amide bonds. The normalized spacial score (nSPS) is 15.6. The zero-order valence-electron chi connectivity index (χ0n) is 11.1. The fourth-order valence-electron chi connectivity index (χ4n) is 1.93. The molecular weight excluding hydrogens is 196 g/mol. The zero-order chi connectivity index (χ0) is 11.5. The van der Waals surface area contributed by atoms with Gasteiger partial charge in [-0.1, -0.05) is 26.2 Å². The molecule has 0 aromatic heterocycles. The third-order valence-electron chi connectivity index (χ3n) is 3.29. The molecule has 1 fully saturated rings. The van der Waals surface area contributed by atoms with Crippen LogP contribution in [0.4, 0.5) is 0 Å². The lowest BCUT2D eigenvalue weighted by atomic mass is 10.2. The van der Waals surface area contributed by atoms with Gasteiger partial charge in [-0.15, -0.1) is 0 Å². The van der Waals surface area contributed by atoms with Crippen molar-refractivity contribution < 1.29 is 0 Å². The standard InChI is InChI=1S/C14H30N2/c1-2-3-4-5-10-15-11-6-7-12-16-13-14-8-9-14/h14-16H,2-13H2,1H3. The van der Waals surface area contributed by atoms with Gasteiger partial charge in [0.1, 0.15) is 0 Å². The molecule has 0 aromatic carbocycles. The van der Waals surface area contributed by atoms with Crippen LogP contribution in [0.15, 0.2) is 0 Å². The largest absolute Gasteiger partial charge is 0.317 e. The predicted octanol–water partition coefficient (Wildman–Crippen LogP) is 2.94. The SMILES string of the molecule is CCCCCCNCCCCNCC1CC1. The van der Waals surface area contributed by atoms with Crippen LogP contribution >= 0.6 is 0 Å². The summed E-state index contributed by atoms with van der Waals surface area (Å²) >= 11 is 0. The van der Waals surface area contributed by atoms with Gasteiger partial charge in [0, 0.05) is 0 Å². The van der Waals surface area contributed by atoms with E-state index in [1.165, 1.54) is 77.5 Å². The summed E-state index contributed by atoms with van der Waals surface area (Å²) in [6.07, 6.45) is 11.1. The minimum atomic E-state index is 1.02. The summed E-state index contributed by atoms with van der Waals surface area (Å²) in [5.74, 6) is 1.02. The van der Waals surface area contributed by atoms with E-state index in [1.54, 1.807) is 0 Å². The van der Waals surface area contributed by atoms with Crippen LogP contribution in [-0.2, 0) is 0 Å². The fraction of sp³-hybridized carbons (Fsp3) is 1.00. The summed E-state index contributed by atoms with van der Waals surface area (Å²) in [6, 6.07) is 0. The van der Waals surface area contributed by atoms with Gasteiger partial charge in [0.05, 0.1) is 0 Å². The van der Waals surface area contributed by atoms with Gasteiger partial charge in [-0.2, -0.15) is 0 Å². The highest BCUT2D eigenvalue weighted by molar-refractivity contribution is 4.74. The number of rotatable bonds is 12. The van der Waals surface area contributed by atoms with Crippen LogP contribution in [0, 0.1) is 5.92 Å². The summed E-state index contributed by atoms with van der Waals surface area (Å²) in [6.45, 7) is 7.17. The maximum atomic E-state index is 3.54. The number of unbranched alkanes of at least 4 members (excludes halogenated alkanes) is 4. The molecule has 1 rings (SSSR count). The van der Waals surface area contributed by atoms with Crippen molar-refractivity contribution in [1.29, 1.82) is 0 Å². The van der Waals surface area contributed by atoms with E-state index in [4.69, 9.17) is 0 Å². The lowest BCUT2D eigenvalue weighted by Gasteiger charge is -2.05. The Kier molecular flexibility index (Phi) is 8.83. The van der Waals surface area contributed by atoms with Crippen molar-refractivity contribution >= 4 is 0 Å². The van der Waals surface area contributed by atoms with Crippen LogP contribution in [0.1, 0.15) is 58.3 Å². The van der Waals surface area contributed by atoms with E-state index < -0.39 is 0 Å². The first kappa shape index (κ1) is 14.0. The summed E-state index contributed by atoms with van der Waals surface area (Å²) in [7, 11) is 0. The molecule has 0 radical (unpaired) electrons. The van der Waals surface area contributed by atoms with E-state index in [-0.39, 0.29) is 0 Å². The summed E-state index contributed by atoms with van der Waals surface area (Å²) in [4.78, 5) is 0. The molecular formula is C14H30N2. The molecule has 2 N–H and O–H groups in total. The average Bonchev–Trinajstić information content (AvgIpc) is 3.10. The van der Waals surface area contributed by atoms with Crippen molar-refractivity contribution in [1.82, 2.24) is 10.6 Å². The highest BCUT2D eigenvalue weighted by atomic mass is 14.9. The van der Waals surface area contributed by atoms with Gasteiger partial charge in [0.15, 0.2) is 0 Å². The maximum Gasteiger partial charge on any atom is -0.00205 e. The topological polar surface area (TPSA) is 24.1 Å². The van der Waals surface area contributed by atoms with E-state index in [9.17, 15) is 0 Å². The second-order valence-corrected chi connectivity index (χ2v) is 5.17. The Hall–Kier alpha value is -0.0800. The number of hydrogen-bond acceptors (Lipinski definition) is 2. The molecule has 96 valence electrons. The molecule has 0 saturated heterocycles. The van der Waals surface area contributed by atoms with Crippen LogP contribution < -0.4 is 10.6 Å². The zero-order valence-corrected chi connectivity index (χ0v) is 11.1. The van der Waals surface area contributed by atoms with E-state index in [0.29, 0.717) is 0 Å². The van der Waals surface area contributed by atoms with Crippen molar-refractivity contribution in [2.45, 2.75) is 58.3 Å². The van der Waals surface area contributed by atoms with Gasteiger partial charge in [-0.3, -0.25) is 0 Å². The van der Waals surface area contributed by atoms with E-state index >= 15 is 0 Å². The molecule has 0 spiro atoms. The lowest BCUT2D eigenvalue weighted by molar-refractivity contribution is 0.551. The molecule has 0 aliphatic heterocycles. The highest BCUT2D eigenvalue weighted by Crippen LogP contribution is 2.27. The highest BCUT2D eigenvalue weighted by Gasteiger charge is 2.19. The molecule has 0 aromatic rings. The van der Waals surface area contributed by atoms with Gasteiger partial charge in [0.25, 0.3) is 0 Å². The molecule has 1 aliphatic carbocycles. The molecule has 1 saturated carbocycles. The molecule has 0 unspecified atom stereocenters. The van der Waals surface area contributed by atoms with Gasteiger partial charge in [-0.25, -0.2) is 0 Å². The van der Waals surface area contributed by atoms with Gasteiger partial charge >= 0.3 is 0 Å². The third kappa shape index (κ3) is 9.17. The van der Waals surface area contributed by atoms with Gasteiger partial charge < -0.3 is 10.6 Å². The molecule has 0 atom stereocenters. The summed E-state index contributed by atoms with van der Waals surface area (Å²) in [5, 5.41) is 7.07. The Balaban J connectivity index is 1.61. The first-order valence-electron chi connectivity index (χ1n) is 7.35. The monoisotopic (exact) mass is 226 g/mol. The van der Waals surface area contributed by atoms with E-state index in [0.717, 1.165) is 5.92 Å². The van der Waals surface area contributed by atoms with E-state index in [2.05, 4.69) is 17.6 Å². The Bertz CT molecular complexity index is 144. The van der Waals surface area contributed by atoms with Crippen molar-refractivity contribution in [2.75, 3.05) is 26.2 Å². The first-order chi connectivity index (χ1) is 7.93. The number of hydrogen-bond donors (Lipinski definition) is 2. The quantitative estimate of drug-likeness (QED) is 0.500. The van der Waals surface area contributed by atoms with Crippen LogP contribution in [0.5, 0.6) is 0 Å². The molecule has 1 aliphatic rings. The van der Waals surface area contributed by atoms with Gasteiger partial charge in [-0.05, 0) is 64.2 Å². The van der Waals surface area contributed by atoms with Crippen molar-refractivity contribution in [3.05, 3.63) is 0 Å². The Morgan fingerprint density at radius 3 is 2.06 bits per heavy atom. The van der Waals surface area contributed by atoms with Gasteiger partial charge in [0.2, 0.25) is 0 Å².